The normalized spacial score (nSPS) is 12.4. The van der Waals surface area contributed by atoms with Gasteiger partial charge in [0, 0.05) is 24.0 Å². The summed E-state index contributed by atoms with van der Waals surface area (Å²) in [6, 6.07) is 7.30. The molecule has 2 rings (SSSR count). The summed E-state index contributed by atoms with van der Waals surface area (Å²) < 4.78 is 27.1. The Balaban J connectivity index is 2.11. The summed E-state index contributed by atoms with van der Waals surface area (Å²) in [5, 5.41) is 0. The fraction of sp³-hybridized carbons (Fsp3) is 0.214. The molecule has 5 heteroatoms. The number of aromatic nitrogens is 1. The van der Waals surface area contributed by atoms with E-state index in [1.165, 1.54) is 18.2 Å². The molecule has 0 saturated carbocycles. The van der Waals surface area contributed by atoms with E-state index in [2.05, 4.69) is 10.4 Å². The summed E-state index contributed by atoms with van der Waals surface area (Å²) in [5.74, 6) is 4.35. The van der Waals surface area contributed by atoms with E-state index < -0.39 is 11.6 Å². The molecule has 0 bridgehead atoms. The van der Waals surface area contributed by atoms with Crippen LogP contribution in [0.5, 0.6) is 0 Å². The summed E-state index contributed by atoms with van der Waals surface area (Å²) in [4.78, 5) is 4.00. The Labute approximate surface area is 110 Å². The van der Waals surface area contributed by atoms with E-state index in [-0.39, 0.29) is 18.0 Å². The number of hydrogen-bond donors (Lipinski definition) is 2. The molecule has 3 N–H and O–H groups in total. The number of hydrogen-bond acceptors (Lipinski definition) is 3. The van der Waals surface area contributed by atoms with Crippen molar-refractivity contribution in [2.45, 2.75) is 18.9 Å². The minimum atomic E-state index is -0.550. The van der Waals surface area contributed by atoms with Crippen molar-refractivity contribution < 1.29 is 8.78 Å². The fourth-order valence-electron chi connectivity index (χ4n) is 1.97. The Kier molecular flexibility index (Phi) is 4.54. The number of rotatable bonds is 5. The average Bonchev–Trinajstić information content (AvgIpc) is 2.43. The van der Waals surface area contributed by atoms with Gasteiger partial charge in [-0.1, -0.05) is 12.1 Å². The third-order valence-corrected chi connectivity index (χ3v) is 2.95. The SMILES string of the molecule is NNC(Cc1cccnc1)Cc1c(F)cccc1F. The molecule has 0 fully saturated rings. The zero-order valence-electron chi connectivity index (χ0n) is 10.3. The molecule has 0 amide bonds. The molecule has 1 aromatic heterocycles. The van der Waals surface area contributed by atoms with E-state index >= 15 is 0 Å². The maximum atomic E-state index is 13.6. The average molecular weight is 263 g/mol. The summed E-state index contributed by atoms with van der Waals surface area (Å²) in [7, 11) is 0. The monoisotopic (exact) mass is 263 g/mol. The number of nitrogens with one attached hydrogen (secondary N) is 1. The number of halogens is 2. The van der Waals surface area contributed by atoms with Gasteiger partial charge in [-0.2, -0.15) is 0 Å². The quantitative estimate of drug-likeness (QED) is 0.640. The van der Waals surface area contributed by atoms with E-state index in [0.29, 0.717) is 6.42 Å². The van der Waals surface area contributed by atoms with Gasteiger partial charge in [-0.05, 0) is 36.6 Å². The molecule has 1 atom stereocenters. The van der Waals surface area contributed by atoms with E-state index in [4.69, 9.17) is 5.84 Å². The van der Waals surface area contributed by atoms with Crippen LogP contribution in [-0.2, 0) is 12.8 Å². The van der Waals surface area contributed by atoms with Crippen molar-refractivity contribution in [3.8, 4) is 0 Å². The second-order valence-electron chi connectivity index (χ2n) is 4.33. The molecule has 2 aromatic rings. The van der Waals surface area contributed by atoms with Gasteiger partial charge in [0.05, 0.1) is 0 Å². The van der Waals surface area contributed by atoms with Gasteiger partial charge in [0.25, 0.3) is 0 Å². The molecule has 1 aromatic carbocycles. The number of hydrazine groups is 1. The van der Waals surface area contributed by atoms with Crippen LogP contribution >= 0.6 is 0 Å². The highest BCUT2D eigenvalue weighted by Gasteiger charge is 2.15. The van der Waals surface area contributed by atoms with Crippen LogP contribution in [0.3, 0.4) is 0 Å². The third-order valence-electron chi connectivity index (χ3n) is 2.95. The predicted molar refractivity (Wildman–Crippen MR) is 69.1 cm³/mol. The second kappa shape index (κ2) is 6.36. The zero-order valence-corrected chi connectivity index (χ0v) is 10.3. The largest absolute Gasteiger partial charge is 0.271 e. The number of pyridine rings is 1. The minimum Gasteiger partial charge on any atom is -0.271 e. The highest BCUT2D eigenvalue weighted by molar-refractivity contribution is 5.21. The summed E-state index contributed by atoms with van der Waals surface area (Å²) in [5.41, 5.74) is 3.60. The van der Waals surface area contributed by atoms with Gasteiger partial charge < -0.3 is 0 Å². The van der Waals surface area contributed by atoms with Crippen molar-refractivity contribution in [2.24, 2.45) is 5.84 Å². The van der Waals surface area contributed by atoms with E-state index in [1.54, 1.807) is 12.4 Å². The topological polar surface area (TPSA) is 50.9 Å². The third kappa shape index (κ3) is 3.56. The van der Waals surface area contributed by atoms with Gasteiger partial charge in [0.2, 0.25) is 0 Å². The Morgan fingerprint density at radius 1 is 1.11 bits per heavy atom. The molecule has 1 unspecified atom stereocenters. The lowest BCUT2D eigenvalue weighted by atomic mass is 9.99. The summed E-state index contributed by atoms with van der Waals surface area (Å²) >= 11 is 0. The van der Waals surface area contributed by atoms with Crippen molar-refractivity contribution in [1.29, 1.82) is 0 Å². The molecule has 0 aliphatic carbocycles. The molecule has 0 saturated heterocycles. The molecule has 0 spiro atoms. The van der Waals surface area contributed by atoms with Crippen molar-refractivity contribution in [1.82, 2.24) is 10.4 Å². The van der Waals surface area contributed by atoms with Crippen molar-refractivity contribution >= 4 is 0 Å². The molecular formula is C14H15F2N3. The van der Waals surface area contributed by atoms with Crippen molar-refractivity contribution in [3.63, 3.8) is 0 Å². The smallest absolute Gasteiger partial charge is 0.129 e. The maximum Gasteiger partial charge on any atom is 0.129 e. The summed E-state index contributed by atoms with van der Waals surface area (Å²) in [6.07, 6.45) is 4.12. The van der Waals surface area contributed by atoms with Gasteiger partial charge in [0.1, 0.15) is 11.6 Å². The minimum absolute atomic E-state index is 0.0503. The molecule has 0 radical (unpaired) electrons. The fourth-order valence-corrected chi connectivity index (χ4v) is 1.97. The second-order valence-corrected chi connectivity index (χ2v) is 4.33. The van der Waals surface area contributed by atoms with Crippen LogP contribution < -0.4 is 11.3 Å². The van der Waals surface area contributed by atoms with Gasteiger partial charge >= 0.3 is 0 Å². The zero-order chi connectivity index (χ0) is 13.7. The highest BCUT2D eigenvalue weighted by Crippen LogP contribution is 2.15. The first-order valence-electron chi connectivity index (χ1n) is 5.98. The van der Waals surface area contributed by atoms with Crippen LogP contribution in [0.2, 0.25) is 0 Å². The Morgan fingerprint density at radius 3 is 2.42 bits per heavy atom. The molecular weight excluding hydrogens is 248 g/mol. The van der Waals surface area contributed by atoms with Gasteiger partial charge in [-0.25, -0.2) is 8.78 Å². The summed E-state index contributed by atoms with van der Waals surface area (Å²) in [6.45, 7) is 0. The molecule has 1 heterocycles. The first-order chi connectivity index (χ1) is 9.20. The van der Waals surface area contributed by atoms with Crippen LogP contribution in [0.15, 0.2) is 42.7 Å². The van der Waals surface area contributed by atoms with E-state index in [1.807, 2.05) is 12.1 Å². The first-order valence-corrected chi connectivity index (χ1v) is 5.98. The van der Waals surface area contributed by atoms with Crippen molar-refractivity contribution in [3.05, 3.63) is 65.5 Å². The Morgan fingerprint density at radius 2 is 1.84 bits per heavy atom. The van der Waals surface area contributed by atoms with E-state index in [0.717, 1.165) is 5.56 Å². The van der Waals surface area contributed by atoms with Crippen molar-refractivity contribution in [2.75, 3.05) is 0 Å². The van der Waals surface area contributed by atoms with Crippen LogP contribution in [0.4, 0.5) is 8.78 Å². The lowest BCUT2D eigenvalue weighted by molar-refractivity contribution is 0.484. The molecule has 0 aliphatic heterocycles. The Hall–Kier alpha value is -1.85. The lowest BCUT2D eigenvalue weighted by Gasteiger charge is -2.16. The van der Waals surface area contributed by atoms with Gasteiger partial charge in [-0.3, -0.25) is 16.3 Å². The van der Waals surface area contributed by atoms with Gasteiger partial charge in [0.15, 0.2) is 0 Å². The molecule has 3 nitrogen and oxygen atoms in total. The van der Waals surface area contributed by atoms with Crippen LogP contribution in [-0.4, -0.2) is 11.0 Å². The first kappa shape index (κ1) is 13.6. The molecule has 0 aliphatic rings. The number of nitrogens with zero attached hydrogens (tertiary/aromatic N) is 1. The number of benzene rings is 1. The van der Waals surface area contributed by atoms with E-state index in [9.17, 15) is 8.78 Å². The van der Waals surface area contributed by atoms with Crippen LogP contribution in [0, 0.1) is 11.6 Å². The maximum absolute atomic E-state index is 13.6. The highest BCUT2D eigenvalue weighted by atomic mass is 19.1. The molecule has 100 valence electrons. The lowest BCUT2D eigenvalue weighted by Crippen LogP contribution is -2.38. The van der Waals surface area contributed by atoms with Gasteiger partial charge in [-0.15, -0.1) is 0 Å². The predicted octanol–water partition coefficient (Wildman–Crippen LogP) is 1.98. The van der Waals surface area contributed by atoms with Crippen LogP contribution in [0.1, 0.15) is 11.1 Å². The Bertz CT molecular complexity index is 511. The number of nitrogens with two attached hydrogens (primary N) is 1. The molecule has 19 heavy (non-hydrogen) atoms. The standard InChI is InChI=1S/C14H15F2N3/c15-13-4-1-5-14(16)12(13)8-11(19-17)7-10-3-2-6-18-9-10/h1-6,9,11,19H,7-8,17H2. The van der Waals surface area contributed by atoms with Crippen LogP contribution in [0.25, 0.3) is 0 Å².